The molecule has 1 aromatic heterocycles. The smallest absolute Gasteiger partial charge is 0.362 e. The van der Waals surface area contributed by atoms with Crippen molar-refractivity contribution in [3.05, 3.63) is 11.1 Å². The minimum absolute atomic E-state index is 0.0190. The summed E-state index contributed by atoms with van der Waals surface area (Å²) in [5, 5.41) is 18.9. The molecule has 7 N–H and O–H groups in total. The number of anilines is 1. The minimum atomic E-state index is -5.16. The molecule has 2 aliphatic heterocycles. The number of aliphatic carboxylic acids is 1. The second kappa shape index (κ2) is 10.5. The van der Waals surface area contributed by atoms with Crippen molar-refractivity contribution in [2.45, 2.75) is 43.5 Å². The largest absolute Gasteiger partial charge is 0.478 e. The Bertz CT molecular complexity index is 1490. The number of nitrogens with zero attached hydrogens (tertiary/aromatic N) is 4. The third kappa shape index (κ3) is 6.00. The van der Waals surface area contributed by atoms with Crippen LogP contribution in [0, 0.1) is 0 Å². The first kappa shape index (κ1) is 29.5. The molecule has 3 aliphatic rings. The van der Waals surface area contributed by atoms with Crippen LogP contribution in [0.15, 0.2) is 10.5 Å². The molecule has 1 saturated carbocycles. The zero-order chi connectivity index (χ0) is 29.6. The predicted octanol–water partition coefficient (Wildman–Crippen LogP) is -3.78. The van der Waals surface area contributed by atoms with Gasteiger partial charge in [0, 0.05) is 44.8 Å². The van der Waals surface area contributed by atoms with Crippen molar-refractivity contribution in [3.8, 4) is 0 Å². The van der Waals surface area contributed by atoms with Crippen molar-refractivity contribution >= 4 is 66.4 Å². The fourth-order valence-corrected chi connectivity index (χ4v) is 6.84. The maximum atomic E-state index is 13.2. The van der Waals surface area contributed by atoms with E-state index in [4.69, 9.17) is 10.6 Å². The number of amides is 3. The summed E-state index contributed by atoms with van der Waals surface area (Å²) >= 11 is 0.916. The maximum absolute atomic E-state index is 13.2. The fourth-order valence-electron chi connectivity index (χ4n) is 3.96. The zero-order valence-electron chi connectivity index (χ0n) is 20.5. The molecule has 0 unspecified atom stereocenters. The van der Waals surface area contributed by atoms with E-state index in [1.54, 1.807) is 0 Å². The lowest BCUT2D eigenvalue weighted by Crippen LogP contribution is -2.74. The van der Waals surface area contributed by atoms with Gasteiger partial charge in [0.1, 0.15) is 11.7 Å². The Hall–Kier alpha value is -3.44. The van der Waals surface area contributed by atoms with Crippen molar-refractivity contribution in [2.24, 2.45) is 5.16 Å². The average Bonchev–Trinajstić information content (AvgIpc) is 3.42. The highest BCUT2D eigenvalue weighted by molar-refractivity contribution is 7.87. The van der Waals surface area contributed by atoms with Crippen LogP contribution < -0.4 is 21.1 Å². The Balaban J connectivity index is 1.56. The molecule has 4 rings (SSSR count). The van der Waals surface area contributed by atoms with Gasteiger partial charge in [0.2, 0.25) is 11.5 Å². The van der Waals surface area contributed by atoms with Crippen LogP contribution in [0.2, 0.25) is 0 Å². The molecule has 1 aromatic rings. The Labute approximate surface area is 230 Å². The van der Waals surface area contributed by atoms with E-state index in [0.717, 1.165) is 15.6 Å². The van der Waals surface area contributed by atoms with Crippen molar-refractivity contribution in [1.82, 2.24) is 29.0 Å². The Morgan fingerprint density at radius 2 is 2.05 bits per heavy atom. The monoisotopic (exact) mass is 624 g/mol. The summed E-state index contributed by atoms with van der Waals surface area (Å²) < 4.78 is 61.6. The lowest BCUT2D eigenvalue weighted by molar-refractivity contribution is -0.153. The van der Waals surface area contributed by atoms with Gasteiger partial charge >= 0.3 is 16.3 Å². The molecule has 0 aromatic carbocycles. The number of carbonyl (C=O) groups excluding carboxylic acids is 3. The van der Waals surface area contributed by atoms with E-state index in [1.165, 1.54) is 12.3 Å². The number of nitrogens with two attached hydrogens (primary N) is 1. The van der Waals surface area contributed by atoms with Gasteiger partial charge in [-0.2, -0.15) is 25.9 Å². The Kier molecular flexibility index (Phi) is 7.76. The second-order valence-corrected chi connectivity index (χ2v) is 13.0. The van der Waals surface area contributed by atoms with Crippen LogP contribution >= 0.6 is 11.3 Å². The second-order valence-electron chi connectivity index (χ2n) is 9.11. The number of carboxylic acids is 1. The van der Waals surface area contributed by atoms with Gasteiger partial charge in [-0.15, -0.1) is 11.3 Å². The molecule has 3 heterocycles. The maximum Gasteiger partial charge on any atom is 0.362 e. The number of thiazole rings is 1. The van der Waals surface area contributed by atoms with E-state index >= 15 is 0 Å². The SMILES string of the molecule is CC(=O)NC[C@@H]1CN(C[C@@H]2[C@H](NC(=O)/C(=N\OC3(C(=O)O)CC3)c3csc(N)n3)C(=O)N2S(=O)(=O)O)S(=O)(=O)N1. The number of hydrogen-bond donors (Lipinski definition) is 6. The molecule has 0 bridgehead atoms. The van der Waals surface area contributed by atoms with Gasteiger partial charge in [0.05, 0.1) is 12.1 Å². The molecular formula is C18H24N8O11S3. The first-order valence-electron chi connectivity index (χ1n) is 11.4. The topological polar surface area (TPSA) is 280 Å². The molecule has 3 amide bonds. The number of hydrogen-bond acceptors (Lipinski definition) is 13. The number of nitrogen functional groups attached to an aromatic ring is 1. The van der Waals surface area contributed by atoms with E-state index in [9.17, 15) is 45.7 Å². The highest BCUT2D eigenvalue weighted by atomic mass is 32.2. The van der Waals surface area contributed by atoms with E-state index in [1.807, 2.05) is 0 Å². The molecule has 220 valence electrons. The standard InChI is InChI=1S/C18H24N8O11S3/c1-8(27)20-4-9-5-25(39(32,33)24-9)6-11-13(15(29)26(11)40(34,35)36)22-14(28)12(10-7-38-17(19)21-10)23-37-18(2-3-18)16(30)31/h7,9,11,13,24H,2-6H2,1H3,(H2,19,21)(H,20,27)(H,22,28)(H,30,31)(H,34,35,36)/b23-12-/t9-,11-,13+/m1/s1. The van der Waals surface area contributed by atoms with E-state index < -0.39 is 80.2 Å². The van der Waals surface area contributed by atoms with Gasteiger partial charge in [-0.25, -0.2) is 14.1 Å². The molecule has 19 nitrogen and oxygen atoms in total. The number of carboxylic acid groups (broad SMARTS) is 1. The summed E-state index contributed by atoms with van der Waals surface area (Å²) in [5.74, 6) is -4.15. The first-order chi connectivity index (χ1) is 18.5. The molecule has 40 heavy (non-hydrogen) atoms. The molecular weight excluding hydrogens is 600 g/mol. The van der Waals surface area contributed by atoms with Gasteiger partial charge in [-0.3, -0.25) is 18.9 Å². The quantitative estimate of drug-likeness (QED) is 0.0597. The van der Waals surface area contributed by atoms with Gasteiger partial charge in [-0.05, 0) is 0 Å². The number of carbonyl (C=O) groups is 4. The molecule has 3 fully saturated rings. The number of aromatic nitrogens is 1. The normalized spacial score (nSPS) is 25.6. The molecule has 2 saturated heterocycles. The van der Waals surface area contributed by atoms with Crippen LogP contribution in [0.5, 0.6) is 0 Å². The highest BCUT2D eigenvalue weighted by Gasteiger charge is 2.57. The molecule has 0 spiro atoms. The average molecular weight is 625 g/mol. The summed E-state index contributed by atoms with van der Waals surface area (Å²) in [5.41, 5.74) is 3.25. The summed E-state index contributed by atoms with van der Waals surface area (Å²) in [6.45, 7) is 0.249. The lowest BCUT2D eigenvalue weighted by Gasteiger charge is -2.45. The van der Waals surface area contributed by atoms with Crippen molar-refractivity contribution in [3.63, 3.8) is 0 Å². The number of nitrogens with one attached hydrogen (secondary N) is 3. The third-order valence-electron chi connectivity index (χ3n) is 6.16. The van der Waals surface area contributed by atoms with Crippen LogP contribution in [-0.2, 0) is 44.5 Å². The van der Waals surface area contributed by atoms with E-state index in [0.29, 0.717) is 0 Å². The van der Waals surface area contributed by atoms with E-state index in [-0.39, 0.29) is 41.1 Å². The van der Waals surface area contributed by atoms with Crippen LogP contribution in [0.1, 0.15) is 25.5 Å². The highest BCUT2D eigenvalue weighted by Crippen LogP contribution is 2.40. The number of β-lactam (4-membered cyclic amide) rings is 1. The van der Waals surface area contributed by atoms with Crippen LogP contribution in [-0.4, -0.2) is 113 Å². The Morgan fingerprint density at radius 3 is 2.58 bits per heavy atom. The van der Waals surface area contributed by atoms with E-state index in [2.05, 4.69) is 25.5 Å². The summed E-state index contributed by atoms with van der Waals surface area (Å²) in [4.78, 5) is 57.4. The summed E-state index contributed by atoms with van der Waals surface area (Å²) in [7, 11) is -9.35. The van der Waals surface area contributed by atoms with Crippen LogP contribution in [0.4, 0.5) is 5.13 Å². The van der Waals surface area contributed by atoms with Crippen molar-refractivity contribution in [1.29, 1.82) is 0 Å². The lowest BCUT2D eigenvalue weighted by atomic mass is 9.98. The molecule has 0 radical (unpaired) electrons. The fraction of sp³-hybridized carbons (Fsp3) is 0.556. The van der Waals surface area contributed by atoms with Crippen molar-refractivity contribution in [2.75, 3.05) is 25.4 Å². The third-order valence-corrected chi connectivity index (χ3v) is 9.39. The summed E-state index contributed by atoms with van der Waals surface area (Å²) in [6, 6.07) is -4.03. The van der Waals surface area contributed by atoms with Gasteiger partial charge in [0.25, 0.3) is 22.0 Å². The first-order valence-corrected chi connectivity index (χ1v) is 15.1. The van der Waals surface area contributed by atoms with Gasteiger partial charge < -0.3 is 26.3 Å². The minimum Gasteiger partial charge on any atom is -0.478 e. The molecule has 3 atom stereocenters. The zero-order valence-corrected chi connectivity index (χ0v) is 23.0. The molecule has 22 heteroatoms. The Morgan fingerprint density at radius 1 is 1.38 bits per heavy atom. The summed E-state index contributed by atoms with van der Waals surface area (Å²) in [6.07, 6.45) is 0.238. The number of oxime groups is 1. The predicted molar refractivity (Wildman–Crippen MR) is 134 cm³/mol. The van der Waals surface area contributed by atoms with Gasteiger partial charge in [0.15, 0.2) is 10.8 Å². The van der Waals surface area contributed by atoms with Crippen LogP contribution in [0.25, 0.3) is 0 Å². The van der Waals surface area contributed by atoms with Crippen LogP contribution in [0.3, 0.4) is 0 Å². The van der Waals surface area contributed by atoms with Gasteiger partial charge in [-0.1, -0.05) is 5.16 Å². The molecule has 1 aliphatic carbocycles. The van der Waals surface area contributed by atoms with Crippen molar-refractivity contribution < 1.29 is 50.5 Å². The number of rotatable bonds is 11.